The maximum absolute atomic E-state index is 16.4. The second kappa shape index (κ2) is 46.6. The first-order valence-electron chi connectivity index (χ1n) is 33.8. The van der Waals surface area contributed by atoms with Crippen LogP contribution in [0.2, 0.25) is 0 Å². The van der Waals surface area contributed by atoms with Crippen LogP contribution in [0.25, 0.3) is 11.1 Å². The summed E-state index contributed by atoms with van der Waals surface area (Å²) in [6.07, 6.45) is -2.41. The number of hydrogen-bond donors (Lipinski definition) is 28. The standard InChI is InChI=1S/C61H95F8N27O10S2/c1-3-26(4-2)35(97)23-88-48(98)33-24-107-46-42(66)38(62)36(39(63)43(46)67)37-40(64)44(68)47(45(69)41(37)65)108-25-34(96-106)55(105)94-31(15-9-21-86-60(78)79)53(103)92-29(13-7-19-84-58(74)75)51(101)90-27(11-5-17-82-56(70)71)49(99)89-28(12-6-18-83-57(72)73)50(100)91-30(14-8-20-85-59(76)77)52(102)93-32(54(104)95-33)16-10-22-87-61(80)81/h26-34,96,106H,3-25H2,1-2H3,(H,88,98)(H,89,99)(H,90,101)(H,91,100)(H,92,103)(H,93,102)(H,94,105)(H,95,104)(H4,70,71,82)(H4,72,73,83)(H4,74,75,84)(H4,76,77,85)(H4,78,79,86)(H4,80,81,87). The van der Waals surface area contributed by atoms with Crippen LogP contribution in [0.3, 0.4) is 0 Å². The van der Waals surface area contributed by atoms with Gasteiger partial charge in [0.2, 0.25) is 47.3 Å². The SMILES string of the molecule is CCC(CC)C(=O)CNC(=O)C1CSc2c(F)c(F)c(c(F)c2F)-c2c(F)c(F)c(c(F)c2F)SCC(NO)C(=O)NC(CCCNC(=N)N)C(=O)NC(CCCNC(=N)N)C(=O)NC(CCCNC(=N)N)C(=O)NC(CCCNC(=N)N)C(=O)NC(CCCNC(=N)N)C(=O)NC(CCCNC(=N)N)C(=O)N1. The van der Waals surface area contributed by atoms with Gasteiger partial charge in [0.05, 0.1) is 27.5 Å². The van der Waals surface area contributed by atoms with Gasteiger partial charge in [0.15, 0.2) is 88.1 Å². The molecule has 34 N–H and O–H groups in total. The Balaban J connectivity index is 2.49. The van der Waals surface area contributed by atoms with Crippen molar-refractivity contribution in [3.8, 4) is 11.1 Å². The van der Waals surface area contributed by atoms with Gasteiger partial charge in [0, 0.05) is 56.7 Å². The molecule has 0 aliphatic carbocycles. The molecule has 8 atom stereocenters. The number of carbonyl (C=O) groups is 9. The van der Waals surface area contributed by atoms with Crippen LogP contribution >= 0.6 is 23.5 Å². The van der Waals surface area contributed by atoms with Crippen molar-refractivity contribution in [1.82, 2.24) is 79.9 Å². The monoisotopic (exact) mass is 1580 g/mol. The number of halogens is 8. The number of thioether (sulfide) groups is 2. The van der Waals surface area contributed by atoms with Crippen molar-refractivity contribution in [2.45, 2.75) is 162 Å². The van der Waals surface area contributed by atoms with Gasteiger partial charge >= 0.3 is 0 Å². The molecule has 602 valence electrons. The number of hydroxylamine groups is 1. The van der Waals surface area contributed by atoms with Crippen molar-refractivity contribution < 1.29 is 83.5 Å². The summed E-state index contributed by atoms with van der Waals surface area (Å²) in [6, 6.07) is -14.8. The van der Waals surface area contributed by atoms with E-state index in [-0.39, 0.29) is 140 Å². The van der Waals surface area contributed by atoms with Crippen LogP contribution in [0.4, 0.5) is 35.1 Å². The number of fused-ring (bicyclic) bond motifs is 2. The molecule has 3 heterocycles. The zero-order valence-corrected chi connectivity index (χ0v) is 60.5. The maximum atomic E-state index is 16.4. The van der Waals surface area contributed by atoms with Crippen LogP contribution in [0, 0.1) is 84.9 Å². The summed E-state index contributed by atoms with van der Waals surface area (Å²) in [5.74, 6) is -37.0. The fourth-order valence-corrected chi connectivity index (χ4v) is 12.5. The number of Topliss-reactive ketones (excluding diaryl/α,β-unsaturated/α-hetero) is 1. The molecule has 0 spiro atoms. The number of hydrogen-bond acceptors (Lipinski definition) is 19. The van der Waals surface area contributed by atoms with Gasteiger partial charge in [-0.2, -0.15) is 5.48 Å². The molecule has 108 heavy (non-hydrogen) atoms. The minimum Gasteiger partial charge on any atom is -0.370 e. The number of nitrogens with two attached hydrogens (primary N) is 6. The van der Waals surface area contributed by atoms with Gasteiger partial charge in [-0.3, -0.25) is 75.6 Å². The minimum atomic E-state index is -2.67. The van der Waals surface area contributed by atoms with Crippen LogP contribution in [0.5, 0.6) is 0 Å². The Hall–Kier alpha value is -10.4. The highest BCUT2D eigenvalue weighted by atomic mass is 32.2. The molecule has 37 nitrogen and oxygen atoms in total. The largest absolute Gasteiger partial charge is 0.370 e. The van der Waals surface area contributed by atoms with E-state index in [9.17, 15) is 48.4 Å². The molecule has 5 rings (SSSR count). The van der Waals surface area contributed by atoms with Gasteiger partial charge < -0.3 is 114 Å². The Kier molecular flexibility index (Phi) is 39.6. The van der Waals surface area contributed by atoms with E-state index in [1.54, 1.807) is 13.8 Å². The lowest BCUT2D eigenvalue weighted by atomic mass is 9.98. The van der Waals surface area contributed by atoms with E-state index in [1.807, 2.05) is 0 Å². The van der Waals surface area contributed by atoms with Crippen molar-refractivity contribution in [2.75, 3.05) is 57.3 Å². The number of rotatable bonds is 31. The van der Waals surface area contributed by atoms with Crippen molar-refractivity contribution in [1.29, 1.82) is 32.5 Å². The Morgan fingerprint density at radius 1 is 0.398 bits per heavy atom. The zero-order valence-electron chi connectivity index (χ0n) is 58.9. The fourth-order valence-electron chi connectivity index (χ4n) is 10.5. The summed E-state index contributed by atoms with van der Waals surface area (Å²) in [6.45, 7) is 1.76. The molecule has 47 heteroatoms. The second-order valence-electron chi connectivity index (χ2n) is 24.2. The highest BCUT2D eigenvalue weighted by molar-refractivity contribution is 7.99. The third kappa shape index (κ3) is 30.1. The lowest BCUT2D eigenvalue weighted by Gasteiger charge is -2.28. The first-order chi connectivity index (χ1) is 51.0. The number of carbonyl (C=O) groups excluding carboxylic acids is 9. The Morgan fingerprint density at radius 2 is 0.639 bits per heavy atom. The van der Waals surface area contributed by atoms with Crippen LogP contribution in [0.1, 0.15) is 104 Å². The molecule has 0 saturated heterocycles. The Labute approximate surface area is 623 Å². The van der Waals surface area contributed by atoms with Crippen molar-refractivity contribution in [3.05, 3.63) is 46.5 Å². The van der Waals surface area contributed by atoms with E-state index in [0.29, 0.717) is 0 Å². The van der Waals surface area contributed by atoms with E-state index in [2.05, 4.69) is 74.4 Å². The molecule has 2 aromatic rings. The van der Waals surface area contributed by atoms with Gasteiger partial charge in [-0.15, -0.1) is 23.5 Å². The molecule has 3 aliphatic heterocycles. The van der Waals surface area contributed by atoms with E-state index in [1.165, 1.54) is 5.48 Å². The van der Waals surface area contributed by atoms with Crippen LogP contribution in [-0.2, 0) is 43.2 Å². The molecular weight excluding hydrogens is 1490 g/mol. The summed E-state index contributed by atoms with van der Waals surface area (Å²) in [5.41, 5.74) is 29.7. The summed E-state index contributed by atoms with van der Waals surface area (Å²) in [4.78, 5) is 126. The zero-order chi connectivity index (χ0) is 81.1. The van der Waals surface area contributed by atoms with E-state index >= 15 is 35.1 Å². The van der Waals surface area contributed by atoms with Crippen LogP contribution in [-0.4, -0.2) is 200 Å². The maximum Gasteiger partial charge on any atom is 0.243 e. The van der Waals surface area contributed by atoms with Gasteiger partial charge in [-0.25, -0.2) is 35.1 Å². The molecule has 2 aromatic carbocycles. The number of ketones is 1. The average molecular weight is 1580 g/mol. The highest BCUT2D eigenvalue weighted by Crippen LogP contribution is 2.42. The quantitative estimate of drug-likeness (QED) is 0.00899. The predicted molar refractivity (Wildman–Crippen MR) is 382 cm³/mol. The molecule has 0 saturated carbocycles. The second-order valence-corrected chi connectivity index (χ2v) is 26.3. The Bertz CT molecular complexity index is 3520. The first kappa shape index (κ1) is 91.8. The number of amides is 8. The van der Waals surface area contributed by atoms with E-state index in [4.69, 9.17) is 66.9 Å². The summed E-state index contributed by atoms with van der Waals surface area (Å²) in [7, 11) is 0. The number of benzene rings is 2. The average Bonchev–Trinajstić information content (AvgIpc) is 0.746. The molecule has 8 amide bonds. The predicted octanol–water partition coefficient (Wildman–Crippen LogP) is -2.89. The molecular formula is C61H95F8N27O10S2. The number of nitrogens with one attached hydrogen (secondary N) is 21. The van der Waals surface area contributed by atoms with Gasteiger partial charge in [0.25, 0.3) is 0 Å². The van der Waals surface area contributed by atoms with Gasteiger partial charge in [0.1, 0.15) is 48.3 Å². The third-order valence-corrected chi connectivity index (χ3v) is 18.5. The fraction of sp³-hybridized carbons (Fsp3) is 0.557. The minimum absolute atomic E-state index is 0.0741. The van der Waals surface area contributed by atoms with Crippen molar-refractivity contribution in [3.63, 3.8) is 0 Å². The molecule has 0 aromatic heterocycles. The molecule has 0 fully saturated rings. The molecule has 4 bridgehead atoms. The summed E-state index contributed by atoms with van der Waals surface area (Å²) in [5, 5.41) is 90.3. The lowest BCUT2D eigenvalue weighted by molar-refractivity contribution is -0.136. The smallest absolute Gasteiger partial charge is 0.243 e. The number of guanidine groups is 6. The molecule has 8 unspecified atom stereocenters. The van der Waals surface area contributed by atoms with E-state index < -0.39 is 241 Å². The van der Waals surface area contributed by atoms with Crippen molar-refractivity contribution in [2.24, 2.45) is 40.3 Å². The summed E-state index contributed by atoms with van der Waals surface area (Å²) >= 11 is -0.514. The molecule has 3 aliphatic rings. The Morgan fingerprint density at radius 3 is 0.880 bits per heavy atom. The lowest BCUT2D eigenvalue weighted by Crippen LogP contribution is -2.60. The van der Waals surface area contributed by atoms with E-state index in [0.717, 1.165) is 0 Å². The van der Waals surface area contributed by atoms with Crippen LogP contribution < -0.4 is 114 Å². The highest BCUT2D eigenvalue weighted by Gasteiger charge is 2.39. The molecule has 0 radical (unpaired) electrons. The first-order valence-corrected chi connectivity index (χ1v) is 35.7. The van der Waals surface area contributed by atoms with Crippen LogP contribution in [0.15, 0.2) is 9.79 Å². The topological polar surface area (TPSA) is 654 Å². The van der Waals surface area contributed by atoms with Gasteiger partial charge in [-0.05, 0) is 89.9 Å². The normalized spacial score (nSPS) is 19.5. The summed E-state index contributed by atoms with van der Waals surface area (Å²) < 4.78 is 130. The van der Waals surface area contributed by atoms with Gasteiger partial charge in [-0.1, -0.05) is 13.8 Å². The third-order valence-electron chi connectivity index (χ3n) is 16.2. The van der Waals surface area contributed by atoms with Crippen molar-refractivity contribution >= 4 is 112 Å².